The topological polar surface area (TPSA) is 177 Å². The number of fused-ring (bicyclic) bond motifs is 3. The Morgan fingerprint density at radius 3 is 2.20 bits per heavy atom. The summed E-state index contributed by atoms with van der Waals surface area (Å²) >= 11 is 0. The van der Waals surface area contributed by atoms with Gasteiger partial charge in [0.25, 0.3) is 5.91 Å². The van der Waals surface area contributed by atoms with Crippen LogP contribution in [0.1, 0.15) is 56.9 Å². The molecule has 0 bridgehead atoms. The average Bonchev–Trinajstić information content (AvgIpc) is 2.93. The van der Waals surface area contributed by atoms with Crippen LogP contribution >= 0.6 is 0 Å². The molecule has 0 saturated heterocycles. The van der Waals surface area contributed by atoms with Gasteiger partial charge in [0.1, 0.15) is 22.8 Å². The van der Waals surface area contributed by atoms with Crippen molar-refractivity contribution in [2.75, 3.05) is 38.4 Å². The van der Waals surface area contributed by atoms with Crippen molar-refractivity contribution in [1.29, 1.82) is 0 Å². The van der Waals surface area contributed by atoms with Crippen molar-refractivity contribution < 1.29 is 34.8 Å². The molecule has 46 heavy (non-hydrogen) atoms. The van der Waals surface area contributed by atoms with Crippen molar-refractivity contribution >= 4 is 34.6 Å². The number of nitrogens with two attached hydrogens (primary N) is 1. The largest absolute Gasteiger partial charge is 0.508 e. The van der Waals surface area contributed by atoms with Gasteiger partial charge in [0.15, 0.2) is 11.4 Å². The first-order chi connectivity index (χ1) is 20.9. The number of anilines is 2. The number of aromatic hydroxyl groups is 1. The number of nitrogens with one attached hydrogen (secondary N) is 1. The van der Waals surface area contributed by atoms with Crippen LogP contribution in [0, 0.1) is 11.8 Å². The quantitative estimate of drug-likeness (QED) is 0.203. The number of carbonyl (C=O) groups is 3. The van der Waals surface area contributed by atoms with Gasteiger partial charge in [0.2, 0.25) is 5.78 Å². The maximum atomic E-state index is 14.2. The van der Waals surface area contributed by atoms with Crippen LogP contribution in [0.25, 0.3) is 5.76 Å². The van der Waals surface area contributed by atoms with Crippen LogP contribution in [-0.4, -0.2) is 82.6 Å². The van der Waals surface area contributed by atoms with Crippen molar-refractivity contribution in [2.45, 2.75) is 64.6 Å². The van der Waals surface area contributed by atoms with E-state index in [9.17, 15) is 34.8 Å². The van der Waals surface area contributed by atoms with E-state index in [0.717, 1.165) is 5.56 Å². The molecule has 5 rings (SSSR count). The highest BCUT2D eigenvalue weighted by Gasteiger charge is 2.64. The van der Waals surface area contributed by atoms with Gasteiger partial charge < -0.3 is 36.4 Å². The third-order valence-corrected chi connectivity index (χ3v) is 9.48. The number of carbonyl (C=O) groups excluding carboxylic acids is 3. The van der Waals surface area contributed by atoms with Crippen molar-refractivity contribution in [3.8, 4) is 5.75 Å². The van der Waals surface area contributed by atoms with Crippen molar-refractivity contribution in [2.24, 2.45) is 17.6 Å². The number of aliphatic hydroxyl groups is 3. The van der Waals surface area contributed by atoms with Crippen LogP contribution in [-0.2, 0) is 32.8 Å². The number of likely N-dealkylation sites (N-methyl/N-ethyl adjacent to an activating group) is 1. The van der Waals surface area contributed by atoms with Gasteiger partial charge in [-0.25, -0.2) is 0 Å². The van der Waals surface area contributed by atoms with Crippen LogP contribution in [0.2, 0.25) is 0 Å². The first kappa shape index (κ1) is 34.5. The molecule has 11 nitrogen and oxygen atoms in total. The Labute approximate surface area is 270 Å². The number of rotatable bonds is 6. The van der Waals surface area contributed by atoms with Crippen LogP contribution in [0.4, 0.5) is 11.4 Å². The van der Waals surface area contributed by atoms with E-state index < -0.39 is 58.0 Å². The van der Waals surface area contributed by atoms with Gasteiger partial charge >= 0.3 is 0 Å². The molecule has 11 heteroatoms. The van der Waals surface area contributed by atoms with E-state index in [1.807, 2.05) is 31.1 Å². The third-order valence-electron chi connectivity index (χ3n) is 9.48. The van der Waals surface area contributed by atoms with E-state index in [0.29, 0.717) is 23.5 Å². The fourth-order valence-electron chi connectivity index (χ4n) is 7.15. The number of ketones is 2. The monoisotopic (exact) mass is 634 g/mol. The SMILES string of the molecule is C.CN(C)c1cc(NCc2ccc(C(C)(C)C)cc2)c(O)c2c1C[C@H]1C[C@H]3[C@H](N(C)C)C(=O)C(C(N)=O)=C(O)[C@@]3(O)C(=O)C1=C2O. The summed E-state index contributed by atoms with van der Waals surface area (Å²) in [6.45, 7) is 6.78. The second kappa shape index (κ2) is 11.8. The average molecular weight is 635 g/mol. The molecular weight excluding hydrogens is 588 g/mol. The predicted octanol–water partition coefficient (Wildman–Crippen LogP) is 3.58. The molecular formula is C35H46N4O7. The lowest BCUT2D eigenvalue weighted by molar-refractivity contribution is -0.153. The molecule has 4 atom stereocenters. The summed E-state index contributed by atoms with van der Waals surface area (Å²) in [7, 11) is 6.81. The van der Waals surface area contributed by atoms with Gasteiger partial charge in [-0.2, -0.15) is 0 Å². The minimum atomic E-state index is -2.68. The smallest absolute Gasteiger partial charge is 0.255 e. The first-order valence-electron chi connectivity index (χ1n) is 14.9. The van der Waals surface area contributed by atoms with E-state index in [1.165, 1.54) is 10.5 Å². The van der Waals surface area contributed by atoms with E-state index in [-0.39, 0.29) is 42.6 Å². The minimum absolute atomic E-state index is 0. The number of phenols is 1. The Morgan fingerprint density at radius 2 is 1.67 bits per heavy atom. The van der Waals surface area contributed by atoms with Gasteiger partial charge in [0, 0.05) is 37.8 Å². The van der Waals surface area contributed by atoms with Gasteiger partial charge in [-0.1, -0.05) is 52.5 Å². The van der Waals surface area contributed by atoms with Gasteiger partial charge in [-0.3, -0.25) is 19.3 Å². The second-order valence-corrected chi connectivity index (χ2v) is 13.8. The fourth-order valence-corrected chi connectivity index (χ4v) is 7.15. The molecule has 3 aliphatic carbocycles. The van der Waals surface area contributed by atoms with Crippen molar-refractivity contribution in [3.05, 3.63) is 69.5 Å². The van der Waals surface area contributed by atoms with E-state index in [2.05, 4.69) is 38.2 Å². The third kappa shape index (κ3) is 5.21. The number of hydrogen-bond acceptors (Lipinski definition) is 10. The summed E-state index contributed by atoms with van der Waals surface area (Å²) in [4.78, 5) is 43.0. The zero-order valence-electron chi connectivity index (χ0n) is 26.7. The highest BCUT2D eigenvalue weighted by atomic mass is 16.3. The van der Waals surface area contributed by atoms with Crippen LogP contribution < -0.4 is 16.0 Å². The second-order valence-electron chi connectivity index (χ2n) is 13.8. The van der Waals surface area contributed by atoms with Crippen molar-refractivity contribution in [3.63, 3.8) is 0 Å². The van der Waals surface area contributed by atoms with Crippen LogP contribution in [0.3, 0.4) is 0 Å². The Kier molecular flexibility index (Phi) is 8.84. The summed E-state index contributed by atoms with van der Waals surface area (Å²) in [6, 6.07) is 8.80. The highest BCUT2D eigenvalue weighted by Crippen LogP contribution is 2.54. The fraction of sp³-hybridized carbons (Fsp3) is 0.457. The zero-order valence-corrected chi connectivity index (χ0v) is 26.7. The number of amides is 1. The van der Waals surface area contributed by atoms with Gasteiger partial charge in [-0.15, -0.1) is 0 Å². The molecule has 2 aromatic carbocycles. The van der Waals surface area contributed by atoms with Gasteiger partial charge in [0.05, 0.1) is 17.3 Å². The number of phenolic OH excluding ortho intramolecular Hbond substituents is 1. The maximum absolute atomic E-state index is 14.2. The molecule has 0 aromatic heterocycles. The number of aliphatic hydroxyl groups excluding tert-OH is 2. The first-order valence-corrected chi connectivity index (χ1v) is 14.9. The number of Topliss-reactive ketones (excluding diaryl/α,β-unsaturated/α-hetero) is 2. The molecule has 1 saturated carbocycles. The molecule has 7 N–H and O–H groups in total. The lowest BCUT2D eigenvalue weighted by Gasteiger charge is -2.50. The Balaban J connectivity index is 0.00000480. The summed E-state index contributed by atoms with van der Waals surface area (Å²) in [5.74, 6) is -6.76. The summed E-state index contributed by atoms with van der Waals surface area (Å²) in [5.41, 5.74) is 5.56. The molecule has 0 heterocycles. The van der Waals surface area contributed by atoms with Crippen molar-refractivity contribution in [1.82, 2.24) is 4.90 Å². The molecule has 248 valence electrons. The minimum Gasteiger partial charge on any atom is -0.508 e. The zero-order chi connectivity index (χ0) is 33.3. The number of nitrogens with zero attached hydrogens (tertiary/aromatic N) is 2. The normalized spacial score (nSPS) is 24.2. The molecule has 3 aliphatic rings. The summed E-state index contributed by atoms with van der Waals surface area (Å²) < 4.78 is 0. The molecule has 0 aliphatic heterocycles. The number of primary amides is 1. The van der Waals surface area contributed by atoms with E-state index >= 15 is 0 Å². The molecule has 0 unspecified atom stereocenters. The van der Waals surface area contributed by atoms with Crippen LogP contribution in [0.15, 0.2) is 47.2 Å². The molecule has 1 amide bonds. The lowest BCUT2D eigenvalue weighted by atomic mass is 9.57. The summed E-state index contributed by atoms with van der Waals surface area (Å²) in [6.07, 6.45) is 0.244. The molecule has 2 aromatic rings. The highest BCUT2D eigenvalue weighted by molar-refractivity contribution is 6.24. The lowest BCUT2D eigenvalue weighted by Crippen LogP contribution is -2.65. The number of benzene rings is 2. The maximum Gasteiger partial charge on any atom is 0.255 e. The van der Waals surface area contributed by atoms with Gasteiger partial charge in [-0.05, 0) is 61.0 Å². The van der Waals surface area contributed by atoms with E-state index in [1.54, 1.807) is 20.2 Å². The Bertz CT molecular complexity index is 1670. The molecule has 1 fully saturated rings. The molecule has 0 radical (unpaired) electrons. The Hall–Kier alpha value is -4.35. The van der Waals surface area contributed by atoms with E-state index in [4.69, 9.17) is 5.73 Å². The molecule has 0 spiro atoms. The number of hydrogen-bond donors (Lipinski definition) is 6. The summed E-state index contributed by atoms with van der Waals surface area (Å²) in [5, 5.41) is 49.4. The standard InChI is InChI=1S/C34H42N4O7.CH4/c1-33(2,3)18-10-8-16(9-11-18)15-36-21-14-22(37(4)5)19-12-17-13-20-26(38(6)7)29(41)25(32(35)44)31(43)34(20,45)30(42)23(17)28(40)24(19)27(21)39;/h8-11,14,17,20,26,36,39-40,43,45H,12-13,15H2,1-7H3,(H2,35,44);1H4/t17-,20-,26-,34-;/m0./s1. The Morgan fingerprint density at radius 1 is 1.07 bits per heavy atom. The predicted molar refractivity (Wildman–Crippen MR) is 178 cm³/mol. The van der Waals surface area contributed by atoms with Crippen LogP contribution in [0.5, 0.6) is 5.75 Å².